The molecule has 192 valence electrons. The first-order chi connectivity index (χ1) is 15.7. The van der Waals surface area contributed by atoms with E-state index in [4.69, 9.17) is 10.5 Å². The molecular formula is C24H41N5O5. The molecule has 0 aromatic rings. The smallest absolute Gasteiger partial charge is 0.429 e. The highest BCUT2D eigenvalue weighted by Gasteiger charge is 2.69. The molecule has 3 aliphatic rings. The van der Waals surface area contributed by atoms with Crippen LogP contribution < -0.4 is 16.5 Å². The zero-order valence-electron chi connectivity index (χ0n) is 21.5. The van der Waals surface area contributed by atoms with Crippen LogP contribution in [0.5, 0.6) is 0 Å². The Balaban J connectivity index is 1.81. The number of nitrogens with one attached hydrogen (secondary N) is 2. The number of hydrogen-bond acceptors (Lipinski definition) is 6. The Kier molecular flexibility index (Phi) is 7.22. The predicted octanol–water partition coefficient (Wildman–Crippen LogP) is 1.25. The number of rotatable bonds is 6. The van der Waals surface area contributed by atoms with Gasteiger partial charge in [-0.15, -0.1) is 0 Å². The Bertz CT molecular complexity index is 838. The van der Waals surface area contributed by atoms with Gasteiger partial charge in [0.25, 0.3) is 5.91 Å². The second kappa shape index (κ2) is 9.36. The molecule has 2 saturated heterocycles. The summed E-state index contributed by atoms with van der Waals surface area (Å²) in [6.07, 6.45) is 0.578. The van der Waals surface area contributed by atoms with Crippen LogP contribution in [0.2, 0.25) is 0 Å². The summed E-state index contributed by atoms with van der Waals surface area (Å²) in [5.74, 6) is -1.13. The van der Waals surface area contributed by atoms with Gasteiger partial charge in [0.2, 0.25) is 11.8 Å². The third-order valence-corrected chi connectivity index (χ3v) is 7.73. The van der Waals surface area contributed by atoms with Crippen molar-refractivity contribution in [2.24, 2.45) is 34.8 Å². The number of hydrazine groups is 1. The highest BCUT2D eigenvalue weighted by molar-refractivity contribution is 5.92. The van der Waals surface area contributed by atoms with E-state index in [2.05, 4.69) is 24.6 Å². The molecule has 0 aromatic carbocycles. The molecule has 34 heavy (non-hydrogen) atoms. The number of hydrogen-bond donors (Lipinski definition) is 3. The van der Waals surface area contributed by atoms with Gasteiger partial charge in [0, 0.05) is 13.1 Å². The minimum Gasteiger partial charge on any atom is -0.442 e. The van der Waals surface area contributed by atoms with Gasteiger partial charge in [-0.1, -0.05) is 34.1 Å². The van der Waals surface area contributed by atoms with E-state index in [9.17, 15) is 19.2 Å². The molecule has 3 fully saturated rings. The van der Waals surface area contributed by atoms with Gasteiger partial charge in [-0.2, -0.15) is 0 Å². The SMILES string of the molecule is CCC(C)C(N)C(=O)N1C[C@H]2[C@@H]([C@H]1C(=O)NN(C[C@@H]1CCNC1=O)C(=O)OC(C)(C)C)C2(C)C. The summed E-state index contributed by atoms with van der Waals surface area (Å²) in [5, 5.41) is 3.83. The molecule has 10 nitrogen and oxygen atoms in total. The number of ether oxygens (including phenoxy) is 1. The molecule has 0 bridgehead atoms. The van der Waals surface area contributed by atoms with Gasteiger partial charge < -0.3 is 20.7 Å². The Hall–Kier alpha value is -2.36. The first-order valence-electron chi connectivity index (χ1n) is 12.3. The lowest BCUT2D eigenvalue weighted by Gasteiger charge is -2.35. The average molecular weight is 480 g/mol. The van der Waals surface area contributed by atoms with E-state index in [1.54, 1.807) is 25.7 Å². The van der Waals surface area contributed by atoms with Crippen LogP contribution in [0.4, 0.5) is 4.79 Å². The topological polar surface area (TPSA) is 134 Å². The van der Waals surface area contributed by atoms with Crippen LogP contribution in [-0.2, 0) is 19.1 Å². The van der Waals surface area contributed by atoms with E-state index in [1.165, 1.54) is 0 Å². The fourth-order valence-corrected chi connectivity index (χ4v) is 5.22. The summed E-state index contributed by atoms with van der Waals surface area (Å²) in [5.41, 5.74) is 8.07. The molecule has 1 aliphatic carbocycles. The lowest BCUT2D eigenvalue weighted by atomic mass is 9.96. The van der Waals surface area contributed by atoms with Crippen molar-refractivity contribution in [1.29, 1.82) is 0 Å². The van der Waals surface area contributed by atoms with Crippen LogP contribution in [0, 0.1) is 29.1 Å². The molecule has 3 rings (SSSR count). The van der Waals surface area contributed by atoms with Crippen molar-refractivity contribution in [2.45, 2.75) is 79.0 Å². The first-order valence-corrected chi connectivity index (χ1v) is 12.3. The molecule has 2 aliphatic heterocycles. The summed E-state index contributed by atoms with van der Waals surface area (Å²) < 4.78 is 5.49. The number of likely N-dealkylation sites (tertiary alicyclic amines) is 1. The van der Waals surface area contributed by atoms with E-state index >= 15 is 0 Å². The second-order valence-corrected chi connectivity index (χ2v) is 11.6. The van der Waals surface area contributed by atoms with Gasteiger partial charge in [-0.25, -0.2) is 9.80 Å². The fourth-order valence-electron chi connectivity index (χ4n) is 5.22. The molecule has 0 aromatic heterocycles. The van der Waals surface area contributed by atoms with Crippen LogP contribution in [0.3, 0.4) is 0 Å². The van der Waals surface area contributed by atoms with Crippen molar-refractivity contribution in [3.8, 4) is 0 Å². The van der Waals surface area contributed by atoms with Gasteiger partial charge in [0.1, 0.15) is 11.6 Å². The molecule has 6 atom stereocenters. The summed E-state index contributed by atoms with van der Waals surface area (Å²) in [4.78, 5) is 53.5. The van der Waals surface area contributed by atoms with Crippen LogP contribution in [0.15, 0.2) is 0 Å². The Morgan fingerprint density at radius 1 is 1.32 bits per heavy atom. The number of nitrogens with zero attached hydrogens (tertiary/aromatic N) is 2. The molecular weight excluding hydrogens is 438 g/mol. The van der Waals surface area contributed by atoms with Crippen LogP contribution in [0.1, 0.15) is 61.3 Å². The minimum atomic E-state index is -0.778. The summed E-state index contributed by atoms with van der Waals surface area (Å²) >= 11 is 0. The number of piperidine rings is 1. The van der Waals surface area contributed by atoms with Crippen LogP contribution >= 0.6 is 0 Å². The van der Waals surface area contributed by atoms with Crippen molar-refractivity contribution in [1.82, 2.24) is 20.7 Å². The van der Waals surface area contributed by atoms with E-state index in [0.29, 0.717) is 19.5 Å². The van der Waals surface area contributed by atoms with Crippen molar-refractivity contribution in [2.75, 3.05) is 19.6 Å². The lowest BCUT2D eigenvalue weighted by molar-refractivity contribution is -0.144. The minimum absolute atomic E-state index is 0.00295. The predicted molar refractivity (Wildman–Crippen MR) is 126 cm³/mol. The molecule has 4 N–H and O–H groups in total. The van der Waals surface area contributed by atoms with Gasteiger partial charge in [-0.3, -0.25) is 19.8 Å². The number of carbonyl (C=O) groups is 4. The molecule has 0 radical (unpaired) electrons. The number of fused-ring (bicyclic) bond motifs is 1. The lowest BCUT2D eigenvalue weighted by Crippen LogP contribution is -2.59. The average Bonchev–Trinajstić information content (AvgIpc) is 3.11. The summed E-state index contributed by atoms with van der Waals surface area (Å²) in [6.45, 7) is 14.3. The fraction of sp³-hybridized carbons (Fsp3) is 0.833. The molecule has 1 saturated carbocycles. The Morgan fingerprint density at radius 2 is 1.97 bits per heavy atom. The van der Waals surface area contributed by atoms with E-state index in [0.717, 1.165) is 11.4 Å². The third-order valence-electron chi connectivity index (χ3n) is 7.73. The largest absolute Gasteiger partial charge is 0.442 e. The summed E-state index contributed by atoms with van der Waals surface area (Å²) in [6, 6.07) is -1.42. The molecule has 2 unspecified atom stereocenters. The highest BCUT2D eigenvalue weighted by Crippen LogP contribution is 2.64. The molecule has 2 heterocycles. The Morgan fingerprint density at radius 3 is 2.50 bits per heavy atom. The van der Waals surface area contributed by atoms with Gasteiger partial charge in [-0.05, 0) is 50.4 Å². The number of carbonyl (C=O) groups excluding carboxylic acids is 4. The van der Waals surface area contributed by atoms with Crippen LogP contribution in [0.25, 0.3) is 0 Å². The maximum atomic E-state index is 13.6. The summed E-state index contributed by atoms with van der Waals surface area (Å²) in [7, 11) is 0. The monoisotopic (exact) mass is 479 g/mol. The van der Waals surface area contributed by atoms with Gasteiger partial charge in [0.05, 0.1) is 18.5 Å². The van der Waals surface area contributed by atoms with E-state index < -0.39 is 35.6 Å². The van der Waals surface area contributed by atoms with Crippen molar-refractivity contribution >= 4 is 23.8 Å². The normalized spacial score (nSPS) is 29.1. The van der Waals surface area contributed by atoms with Crippen molar-refractivity contribution < 1.29 is 23.9 Å². The highest BCUT2D eigenvalue weighted by atomic mass is 16.6. The first kappa shape index (κ1) is 26.2. The molecule has 0 spiro atoms. The molecule has 10 heteroatoms. The zero-order chi connectivity index (χ0) is 25.6. The maximum absolute atomic E-state index is 13.6. The Labute approximate surface area is 202 Å². The van der Waals surface area contributed by atoms with Gasteiger partial charge >= 0.3 is 6.09 Å². The standard InChI is InChI=1S/C24H41N5O5/c1-8-13(2)17(25)21(32)28-12-15-16(24(15,6)7)18(28)20(31)27-29(22(33)34-23(3,4)5)11-14-9-10-26-19(14)30/h13-18H,8-12,25H2,1-7H3,(H,26,30)(H,27,31)/t13?,14-,15-,16-,17?,18-/m0/s1. The zero-order valence-corrected chi connectivity index (χ0v) is 21.5. The number of amides is 4. The van der Waals surface area contributed by atoms with Gasteiger partial charge in [0.15, 0.2) is 0 Å². The van der Waals surface area contributed by atoms with E-state index in [-0.39, 0.29) is 41.5 Å². The second-order valence-electron chi connectivity index (χ2n) is 11.6. The van der Waals surface area contributed by atoms with Crippen LogP contribution in [-0.4, -0.2) is 71.0 Å². The quantitative estimate of drug-likeness (QED) is 0.491. The maximum Gasteiger partial charge on any atom is 0.429 e. The molecule has 4 amide bonds. The van der Waals surface area contributed by atoms with E-state index in [1.807, 2.05) is 13.8 Å². The van der Waals surface area contributed by atoms with Crippen molar-refractivity contribution in [3.05, 3.63) is 0 Å². The number of nitrogens with two attached hydrogens (primary N) is 1. The van der Waals surface area contributed by atoms with Crippen molar-refractivity contribution in [3.63, 3.8) is 0 Å². The third kappa shape index (κ3) is 5.16.